The fraction of sp³-hybridized carbons (Fsp3) is 1.00. The minimum atomic E-state index is -0.101. The normalized spacial score (nSPS) is 27.8. The van der Waals surface area contributed by atoms with Gasteiger partial charge in [0.15, 0.2) is 0 Å². The van der Waals surface area contributed by atoms with Crippen molar-refractivity contribution in [2.24, 2.45) is 5.18 Å². The molecule has 0 bridgehead atoms. The summed E-state index contributed by atoms with van der Waals surface area (Å²) in [6.07, 6.45) is -0.101. The van der Waals surface area contributed by atoms with E-state index in [0.29, 0.717) is 19.8 Å². The summed E-state index contributed by atoms with van der Waals surface area (Å²) in [5.41, 5.74) is 0. The lowest BCUT2D eigenvalue weighted by molar-refractivity contribution is -0.0833. The van der Waals surface area contributed by atoms with E-state index in [0.717, 1.165) is 0 Å². The number of hydrogen-bond acceptors (Lipinski definition) is 4. The lowest BCUT2D eigenvalue weighted by atomic mass is 10.3. The Labute approximate surface area is 53.1 Å². The van der Waals surface area contributed by atoms with Gasteiger partial charge in [0.1, 0.15) is 12.6 Å². The number of rotatable bonds is 2. The smallest absolute Gasteiger partial charge is 0.110 e. The Morgan fingerprint density at radius 3 is 3.00 bits per heavy atom. The van der Waals surface area contributed by atoms with Crippen molar-refractivity contribution in [3.63, 3.8) is 0 Å². The third-order valence-corrected chi connectivity index (χ3v) is 1.16. The standard InChI is InChI=1S/C5H9NO3/c7-6-3-5-4-8-1-2-9-5/h5H,1-4H2. The molecule has 1 rings (SSSR count). The first-order chi connectivity index (χ1) is 4.43. The molecule has 1 fully saturated rings. The van der Waals surface area contributed by atoms with Crippen LogP contribution in [0, 0.1) is 4.91 Å². The lowest BCUT2D eigenvalue weighted by Gasteiger charge is -2.19. The first-order valence-electron chi connectivity index (χ1n) is 2.92. The van der Waals surface area contributed by atoms with Gasteiger partial charge in [0.2, 0.25) is 0 Å². The third-order valence-electron chi connectivity index (χ3n) is 1.16. The summed E-state index contributed by atoms with van der Waals surface area (Å²) in [5, 5.41) is 2.70. The number of hydrogen-bond donors (Lipinski definition) is 0. The molecule has 0 N–H and O–H groups in total. The second-order valence-electron chi connectivity index (χ2n) is 1.88. The largest absolute Gasteiger partial charge is 0.376 e. The Morgan fingerprint density at radius 2 is 2.44 bits per heavy atom. The van der Waals surface area contributed by atoms with Gasteiger partial charge in [-0.05, 0) is 0 Å². The molecule has 4 heteroatoms. The van der Waals surface area contributed by atoms with Gasteiger partial charge in [-0.3, -0.25) is 0 Å². The van der Waals surface area contributed by atoms with Gasteiger partial charge in [-0.25, -0.2) is 0 Å². The third kappa shape index (κ3) is 2.07. The highest BCUT2D eigenvalue weighted by Crippen LogP contribution is 1.99. The molecule has 0 amide bonds. The van der Waals surface area contributed by atoms with Crippen molar-refractivity contribution in [1.82, 2.24) is 0 Å². The highest BCUT2D eigenvalue weighted by atomic mass is 16.6. The fourth-order valence-electron chi connectivity index (χ4n) is 0.725. The quantitative estimate of drug-likeness (QED) is 0.502. The van der Waals surface area contributed by atoms with Crippen LogP contribution >= 0.6 is 0 Å². The number of ether oxygens (including phenoxy) is 2. The average molecular weight is 131 g/mol. The van der Waals surface area contributed by atoms with Crippen LogP contribution in [0.25, 0.3) is 0 Å². The first-order valence-corrected chi connectivity index (χ1v) is 2.92. The van der Waals surface area contributed by atoms with Gasteiger partial charge in [0, 0.05) is 0 Å². The van der Waals surface area contributed by atoms with E-state index in [1.54, 1.807) is 0 Å². The Balaban J connectivity index is 2.15. The number of nitroso groups, excluding NO2 is 1. The topological polar surface area (TPSA) is 47.9 Å². The van der Waals surface area contributed by atoms with Crippen molar-refractivity contribution in [2.45, 2.75) is 6.10 Å². The van der Waals surface area contributed by atoms with Crippen LogP contribution in [-0.4, -0.2) is 32.5 Å². The minimum Gasteiger partial charge on any atom is -0.376 e. The van der Waals surface area contributed by atoms with E-state index in [1.807, 2.05) is 0 Å². The summed E-state index contributed by atoms with van der Waals surface area (Å²) in [5.74, 6) is 0. The molecule has 0 saturated carbocycles. The zero-order valence-corrected chi connectivity index (χ0v) is 5.08. The molecule has 0 spiro atoms. The fourth-order valence-corrected chi connectivity index (χ4v) is 0.725. The monoisotopic (exact) mass is 131 g/mol. The Kier molecular flexibility index (Phi) is 2.60. The molecule has 0 aromatic carbocycles. The SMILES string of the molecule is O=NCC1COCCO1. The second kappa shape index (κ2) is 3.53. The predicted molar refractivity (Wildman–Crippen MR) is 31.2 cm³/mol. The minimum absolute atomic E-state index is 0.101. The zero-order chi connectivity index (χ0) is 6.53. The molecule has 1 atom stereocenters. The molecule has 9 heavy (non-hydrogen) atoms. The summed E-state index contributed by atoms with van der Waals surface area (Å²) < 4.78 is 10.1. The summed E-state index contributed by atoms with van der Waals surface area (Å²) in [4.78, 5) is 9.69. The van der Waals surface area contributed by atoms with Gasteiger partial charge in [0.25, 0.3) is 0 Å². The van der Waals surface area contributed by atoms with Crippen molar-refractivity contribution in [3.05, 3.63) is 4.91 Å². The second-order valence-corrected chi connectivity index (χ2v) is 1.88. The van der Waals surface area contributed by atoms with Crippen LogP contribution in [0.3, 0.4) is 0 Å². The van der Waals surface area contributed by atoms with E-state index < -0.39 is 0 Å². The van der Waals surface area contributed by atoms with Crippen LogP contribution in [0.15, 0.2) is 5.18 Å². The highest BCUT2D eigenvalue weighted by Gasteiger charge is 2.13. The van der Waals surface area contributed by atoms with Crippen molar-refractivity contribution in [2.75, 3.05) is 26.4 Å². The van der Waals surface area contributed by atoms with E-state index in [9.17, 15) is 4.91 Å². The van der Waals surface area contributed by atoms with Crippen LogP contribution in [0.1, 0.15) is 0 Å². The van der Waals surface area contributed by atoms with E-state index in [4.69, 9.17) is 9.47 Å². The van der Waals surface area contributed by atoms with Crippen LogP contribution in [0.4, 0.5) is 0 Å². The van der Waals surface area contributed by atoms with Crippen LogP contribution in [-0.2, 0) is 9.47 Å². The molecule has 1 unspecified atom stereocenters. The van der Waals surface area contributed by atoms with Gasteiger partial charge in [0.05, 0.1) is 19.8 Å². The van der Waals surface area contributed by atoms with Gasteiger partial charge in [-0.2, -0.15) is 4.91 Å². The molecule has 0 aliphatic carbocycles. The summed E-state index contributed by atoms with van der Waals surface area (Å²) >= 11 is 0. The summed E-state index contributed by atoms with van der Waals surface area (Å²) in [6.45, 7) is 1.93. The molecule has 1 aliphatic heterocycles. The highest BCUT2D eigenvalue weighted by molar-refractivity contribution is 4.62. The Hall–Kier alpha value is -0.480. The molecule has 0 aromatic heterocycles. The summed E-state index contributed by atoms with van der Waals surface area (Å²) in [7, 11) is 0. The lowest BCUT2D eigenvalue weighted by Crippen LogP contribution is -2.30. The maximum Gasteiger partial charge on any atom is 0.110 e. The van der Waals surface area contributed by atoms with Gasteiger partial charge < -0.3 is 9.47 Å². The van der Waals surface area contributed by atoms with E-state index in [1.165, 1.54) is 0 Å². The zero-order valence-electron chi connectivity index (χ0n) is 5.08. The predicted octanol–water partition coefficient (Wildman–Crippen LogP) is 0.168. The Bertz CT molecular complexity index is 90.2. The summed E-state index contributed by atoms with van der Waals surface area (Å²) in [6, 6.07) is 0. The Morgan fingerprint density at radius 1 is 1.56 bits per heavy atom. The van der Waals surface area contributed by atoms with Crippen molar-refractivity contribution < 1.29 is 9.47 Å². The molecular weight excluding hydrogens is 122 g/mol. The maximum atomic E-state index is 9.69. The van der Waals surface area contributed by atoms with Crippen LogP contribution in [0.5, 0.6) is 0 Å². The van der Waals surface area contributed by atoms with Crippen molar-refractivity contribution in [3.8, 4) is 0 Å². The number of nitrogens with zero attached hydrogens (tertiary/aromatic N) is 1. The molecule has 0 radical (unpaired) electrons. The van der Waals surface area contributed by atoms with Crippen LogP contribution in [0.2, 0.25) is 0 Å². The average Bonchev–Trinajstić information content (AvgIpc) is 1.91. The van der Waals surface area contributed by atoms with Gasteiger partial charge >= 0.3 is 0 Å². The van der Waals surface area contributed by atoms with E-state index in [2.05, 4.69) is 5.18 Å². The molecule has 1 saturated heterocycles. The molecule has 1 heterocycles. The first kappa shape index (κ1) is 6.64. The van der Waals surface area contributed by atoms with E-state index >= 15 is 0 Å². The van der Waals surface area contributed by atoms with E-state index in [-0.39, 0.29) is 12.6 Å². The molecular formula is C5H9NO3. The maximum absolute atomic E-state index is 9.69. The van der Waals surface area contributed by atoms with Crippen molar-refractivity contribution >= 4 is 0 Å². The molecule has 1 aliphatic rings. The molecule has 52 valence electrons. The molecule has 0 aromatic rings. The molecule has 4 nitrogen and oxygen atoms in total. The van der Waals surface area contributed by atoms with Crippen LogP contribution < -0.4 is 0 Å². The van der Waals surface area contributed by atoms with Gasteiger partial charge in [-0.15, -0.1) is 0 Å². The van der Waals surface area contributed by atoms with Gasteiger partial charge in [-0.1, -0.05) is 5.18 Å². The van der Waals surface area contributed by atoms with Crippen molar-refractivity contribution in [1.29, 1.82) is 0 Å².